The summed E-state index contributed by atoms with van der Waals surface area (Å²) in [7, 11) is 3.20. The number of pyridine rings is 1. The third kappa shape index (κ3) is 6.33. The number of hydrogen-bond donors (Lipinski definition) is 0. The van der Waals surface area contributed by atoms with E-state index in [0.29, 0.717) is 63.7 Å². The van der Waals surface area contributed by atoms with E-state index in [0.717, 1.165) is 21.5 Å². The number of rotatable bonds is 13. The van der Waals surface area contributed by atoms with Gasteiger partial charge in [-0.2, -0.15) is 0 Å². The average molecular weight is 738 g/mol. The van der Waals surface area contributed by atoms with Crippen LogP contribution < -0.4 is 40.3 Å². The van der Waals surface area contributed by atoms with Crippen molar-refractivity contribution < 1.29 is 28.5 Å². The van der Waals surface area contributed by atoms with E-state index in [1.54, 1.807) is 14.2 Å². The summed E-state index contributed by atoms with van der Waals surface area (Å²) in [4.78, 5) is 20.5. The van der Waals surface area contributed by atoms with Crippen LogP contribution in [0.1, 0.15) is 31.1 Å². The average Bonchev–Trinajstić information content (AvgIpc) is 3.18. The zero-order chi connectivity index (χ0) is 36.0. The number of carbonyl (C=O) groups is 1. The van der Waals surface area contributed by atoms with Gasteiger partial charge >= 0.3 is 301 Å². The second-order valence-electron chi connectivity index (χ2n) is 12.2. The Morgan fingerprint density at radius 3 is 1.58 bits per heavy atom. The summed E-state index contributed by atoms with van der Waals surface area (Å²) in [6, 6.07) is 40.8. The molecule has 0 bridgehead atoms. The number of esters is 1. The molecule has 0 unspecified atom stereocenters. The monoisotopic (exact) mass is 737 g/mol. The second kappa shape index (κ2) is 16.1. The Bertz CT molecular complexity index is 2060. The van der Waals surface area contributed by atoms with Crippen LogP contribution in [0.25, 0.3) is 22.0 Å². The minimum atomic E-state index is -3.91. The summed E-state index contributed by atoms with van der Waals surface area (Å²) in [5.41, 5.74) is 3.03. The Hall–Kier alpha value is -5.10. The van der Waals surface area contributed by atoms with Crippen molar-refractivity contribution in [2.24, 2.45) is 0 Å². The summed E-state index contributed by atoms with van der Waals surface area (Å²) >= 11 is 0. The summed E-state index contributed by atoms with van der Waals surface area (Å²) in [5.74, 6) is 1.75. The maximum absolute atomic E-state index is 14.9. The maximum Gasteiger partial charge on any atom is -0.147 e. The molecule has 6 rings (SSSR count). The summed E-state index contributed by atoms with van der Waals surface area (Å²) in [5, 5.41) is 3.85. The third-order valence-corrected chi connectivity index (χ3v) is 15.7. The molecule has 52 heavy (non-hydrogen) atoms. The quantitative estimate of drug-likeness (QED) is 0.0876. The maximum atomic E-state index is 14.9. The molecule has 0 aliphatic heterocycles. The number of ether oxygens (including phenoxy) is 5. The van der Waals surface area contributed by atoms with Crippen molar-refractivity contribution in [1.29, 1.82) is 0 Å². The Kier molecular flexibility index (Phi) is 11.8. The predicted octanol–water partition coefficient (Wildman–Crippen LogP) is 8.10. The van der Waals surface area contributed by atoms with Crippen molar-refractivity contribution in [2.75, 3.05) is 40.7 Å². The number of nitrogens with zero attached hydrogens (tertiary/aromatic N) is 1. The minimum absolute atomic E-state index is 0. The van der Waals surface area contributed by atoms with Gasteiger partial charge in [-0.3, -0.25) is 0 Å². The van der Waals surface area contributed by atoms with E-state index in [2.05, 4.69) is 43.1 Å². The molecule has 0 saturated carbocycles. The number of methoxy groups -OCH3 is 2. The Morgan fingerprint density at radius 2 is 1.12 bits per heavy atom. The van der Waals surface area contributed by atoms with Gasteiger partial charge < -0.3 is 0 Å². The molecule has 7 nitrogen and oxygen atoms in total. The van der Waals surface area contributed by atoms with Gasteiger partial charge in [-0.1, -0.05) is 0 Å². The van der Waals surface area contributed by atoms with Crippen LogP contribution >= 0.6 is 19.0 Å². The van der Waals surface area contributed by atoms with Crippen molar-refractivity contribution >= 4 is 57.2 Å². The van der Waals surface area contributed by atoms with E-state index < -0.39 is 12.6 Å². The molecule has 5 aromatic carbocycles. The van der Waals surface area contributed by atoms with Gasteiger partial charge in [-0.05, 0) is 0 Å². The minimum Gasteiger partial charge on any atom is -0.147 e. The number of benzene rings is 5. The van der Waals surface area contributed by atoms with Crippen molar-refractivity contribution in [3.8, 4) is 34.1 Å². The molecule has 0 saturated heterocycles. The van der Waals surface area contributed by atoms with E-state index in [9.17, 15) is 4.79 Å². The summed E-state index contributed by atoms with van der Waals surface area (Å²) < 4.78 is 29.7. The van der Waals surface area contributed by atoms with Gasteiger partial charge in [0.15, 0.2) is 0 Å². The van der Waals surface area contributed by atoms with E-state index >= 15 is 0 Å². The van der Waals surface area contributed by atoms with Crippen LogP contribution in [0.2, 0.25) is 0 Å². The first kappa shape index (κ1) is 38.1. The Labute approximate surface area is 312 Å². The third-order valence-electron chi connectivity index (χ3n) is 9.52. The zero-order valence-corrected chi connectivity index (χ0v) is 32.1. The van der Waals surface area contributed by atoms with Crippen molar-refractivity contribution in [3.63, 3.8) is 0 Å². The van der Waals surface area contributed by atoms with E-state index in [1.165, 1.54) is 0 Å². The first-order valence-electron chi connectivity index (χ1n) is 17.2. The molecule has 9 heteroatoms. The molecule has 1 aromatic heterocycles. The van der Waals surface area contributed by atoms with Gasteiger partial charge in [0.05, 0.1) is 0 Å². The Balaban J connectivity index is 0.00000523. The van der Waals surface area contributed by atoms with Crippen LogP contribution in [0, 0.1) is 0 Å². The number of hydrogen-bond acceptors (Lipinski definition) is 7. The fraction of sp³-hybridized carbons (Fsp3) is 0.209. The fourth-order valence-corrected chi connectivity index (χ4v) is 12.6. The molecule has 0 fully saturated rings. The molecule has 0 aliphatic rings. The largest absolute Gasteiger partial charge is 0.147 e. The van der Waals surface area contributed by atoms with Gasteiger partial charge in [0.25, 0.3) is 0 Å². The van der Waals surface area contributed by atoms with E-state index in [1.807, 2.05) is 106 Å². The SMILES string of the molecule is CCOC(=O)c1c(P(C)(c2ccccc2)(c2ccccc2)c2ccccc2)nc2cc(OCC)c(OCC)cc2c1-c1ccc(OC)c(OC)c1.Cl. The smallest absolute Gasteiger partial charge is 0.147 e. The molecule has 0 N–H and O–H groups in total. The summed E-state index contributed by atoms with van der Waals surface area (Å²) in [6.07, 6.45) is 0. The predicted molar refractivity (Wildman–Crippen MR) is 217 cm³/mol. The standard InChI is InChI=1S/C43H44NO6P.ClH/c1-7-48-38-28-34-35(29-39(38)49-8-2)44-42(41(43(45)50-9-3)40(34)30-25-26-36(46-4)37(27-30)47-5)51(6,31-19-13-10-14-20-31,32-21-15-11-16-22-32)33-23-17-12-18-24-33;/h10-29H,7-9H2,1-6H3;1H. The van der Waals surface area contributed by atoms with Crippen LogP contribution in [0.5, 0.6) is 23.0 Å². The molecular formula is C43H45ClNO6P. The van der Waals surface area contributed by atoms with Crippen LogP contribution in [0.3, 0.4) is 0 Å². The van der Waals surface area contributed by atoms with Gasteiger partial charge in [0.2, 0.25) is 0 Å². The zero-order valence-electron chi connectivity index (χ0n) is 30.4. The van der Waals surface area contributed by atoms with Crippen molar-refractivity contribution in [3.05, 3.63) is 127 Å². The first-order chi connectivity index (χ1) is 24.8. The molecule has 0 amide bonds. The normalized spacial score (nSPS) is 11.8. The molecule has 1 heterocycles. The van der Waals surface area contributed by atoms with Gasteiger partial charge in [0.1, 0.15) is 0 Å². The van der Waals surface area contributed by atoms with Gasteiger partial charge in [0, 0.05) is 0 Å². The molecule has 0 atom stereocenters. The number of fused-ring (bicyclic) bond motifs is 1. The van der Waals surface area contributed by atoms with Gasteiger partial charge in [-0.25, -0.2) is 0 Å². The fourth-order valence-electron chi connectivity index (χ4n) is 7.10. The number of carbonyl (C=O) groups excluding carboxylic acids is 1. The Morgan fingerprint density at radius 1 is 0.615 bits per heavy atom. The molecule has 270 valence electrons. The van der Waals surface area contributed by atoms with Crippen LogP contribution in [-0.4, -0.2) is 51.7 Å². The number of aromatic nitrogens is 1. The second-order valence-corrected chi connectivity index (χ2v) is 17.3. The summed E-state index contributed by atoms with van der Waals surface area (Å²) in [6.45, 7) is 5.12. The van der Waals surface area contributed by atoms with Crippen molar-refractivity contribution in [1.82, 2.24) is 4.98 Å². The molecule has 0 radical (unpaired) electrons. The molecule has 0 spiro atoms. The van der Waals surface area contributed by atoms with E-state index in [-0.39, 0.29) is 19.0 Å². The van der Waals surface area contributed by atoms with Crippen LogP contribution in [0.15, 0.2) is 121 Å². The topological polar surface area (TPSA) is 76.1 Å². The molecule has 6 aromatic rings. The molecular weight excluding hydrogens is 693 g/mol. The van der Waals surface area contributed by atoms with Crippen LogP contribution in [0.4, 0.5) is 0 Å². The van der Waals surface area contributed by atoms with Crippen LogP contribution in [-0.2, 0) is 4.74 Å². The van der Waals surface area contributed by atoms with E-state index in [4.69, 9.17) is 28.7 Å². The molecule has 0 aliphatic carbocycles. The first-order valence-corrected chi connectivity index (χ1v) is 19.9. The van der Waals surface area contributed by atoms with Gasteiger partial charge in [-0.15, -0.1) is 12.4 Å². The number of halogens is 1. The van der Waals surface area contributed by atoms with Crippen molar-refractivity contribution in [2.45, 2.75) is 20.8 Å².